The average Bonchev–Trinajstić information content (AvgIpc) is 2.75. The van der Waals surface area contributed by atoms with E-state index >= 15 is 0 Å². The fraction of sp³-hybridized carbons (Fsp3) is 0.381. The quantitative estimate of drug-likeness (QED) is 0.877. The Morgan fingerprint density at radius 1 is 1.14 bits per heavy atom. The molecule has 0 radical (unpaired) electrons. The summed E-state index contributed by atoms with van der Waals surface area (Å²) < 4.78 is 5.73. The zero-order chi connectivity index (χ0) is 19.3. The third-order valence-corrected chi connectivity index (χ3v) is 5.22. The first-order valence-corrected chi connectivity index (χ1v) is 9.68. The molecular weight excluding hydrogens is 356 g/mol. The van der Waals surface area contributed by atoms with Crippen molar-refractivity contribution in [2.45, 2.75) is 18.9 Å². The summed E-state index contributed by atoms with van der Waals surface area (Å²) in [6, 6.07) is 10.9. The number of piperidine rings is 1. The number of amides is 2. The number of aromatic nitrogens is 1. The summed E-state index contributed by atoms with van der Waals surface area (Å²) in [6.07, 6.45) is 5.20. The van der Waals surface area contributed by atoms with Crippen molar-refractivity contribution < 1.29 is 14.3 Å². The molecule has 2 aromatic rings. The van der Waals surface area contributed by atoms with Crippen molar-refractivity contribution in [3.63, 3.8) is 0 Å². The number of piperazine rings is 1. The van der Waals surface area contributed by atoms with Crippen LogP contribution in [-0.2, 0) is 4.79 Å². The molecule has 0 aliphatic carbocycles. The molecule has 28 heavy (non-hydrogen) atoms. The Bertz CT molecular complexity index is 825. The van der Waals surface area contributed by atoms with Gasteiger partial charge in [-0.15, -0.1) is 0 Å². The Morgan fingerprint density at radius 2 is 2.00 bits per heavy atom. The first-order chi connectivity index (χ1) is 13.7. The molecule has 1 unspecified atom stereocenters. The van der Waals surface area contributed by atoms with Gasteiger partial charge in [-0.1, -0.05) is 0 Å². The standard InChI is InChI=1S/C21H24N4O3/c26-20-14-23-10-12-25(20)17-3-2-11-24(15-17)21(27)16-5-7-18(8-6-16)28-19-4-1-9-22-13-19/h1,4-9,13,17,23H,2-3,10-12,14-15H2. The predicted molar refractivity (Wildman–Crippen MR) is 104 cm³/mol. The van der Waals surface area contributed by atoms with E-state index < -0.39 is 0 Å². The number of carbonyl (C=O) groups excluding carboxylic acids is 2. The normalized spacial score (nSPS) is 20.1. The maximum absolute atomic E-state index is 12.9. The summed E-state index contributed by atoms with van der Waals surface area (Å²) in [7, 11) is 0. The van der Waals surface area contributed by atoms with Crippen molar-refractivity contribution in [3.05, 3.63) is 54.4 Å². The molecule has 1 atom stereocenters. The maximum Gasteiger partial charge on any atom is 0.253 e. The molecule has 2 amide bonds. The summed E-state index contributed by atoms with van der Waals surface area (Å²) in [5.41, 5.74) is 0.630. The highest BCUT2D eigenvalue weighted by atomic mass is 16.5. The van der Waals surface area contributed by atoms with Crippen LogP contribution in [0.3, 0.4) is 0 Å². The molecule has 7 heteroatoms. The van der Waals surface area contributed by atoms with Gasteiger partial charge in [0.2, 0.25) is 5.91 Å². The maximum atomic E-state index is 12.9. The van der Waals surface area contributed by atoms with E-state index in [9.17, 15) is 9.59 Å². The molecule has 2 fully saturated rings. The van der Waals surface area contributed by atoms with Crippen LogP contribution >= 0.6 is 0 Å². The molecule has 0 spiro atoms. The summed E-state index contributed by atoms with van der Waals surface area (Å²) in [6.45, 7) is 3.24. The van der Waals surface area contributed by atoms with Crippen LogP contribution in [0.25, 0.3) is 0 Å². The van der Waals surface area contributed by atoms with Crippen LogP contribution < -0.4 is 10.1 Å². The van der Waals surface area contributed by atoms with Crippen LogP contribution in [0.15, 0.2) is 48.8 Å². The minimum Gasteiger partial charge on any atom is -0.456 e. The lowest BCUT2D eigenvalue weighted by Crippen LogP contribution is -2.57. The molecule has 0 saturated carbocycles. The molecule has 2 aliphatic rings. The van der Waals surface area contributed by atoms with Crippen LogP contribution in [0, 0.1) is 0 Å². The first-order valence-electron chi connectivity index (χ1n) is 9.68. The largest absolute Gasteiger partial charge is 0.456 e. The van der Waals surface area contributed by atoms with Crippen LogP contribution in [0.2, 0.25) is 0 Å². The predicted octanol–water partition coefficient (Wildman–Crippen LogP) is 1.91. The van der Waals surface area contributed by atoms with Gasteiger partial charge in [0.15, 0.2) is 0 Å². The van der Waals surface area contributed by atoms with Gasteiger partial charge >= 0.3 is 0 Å². The molecule has 146 valence electrons. The highest BCUT2D eigenvalue weighted by Gasteiger charge is 2.31. The van der Waals surface area contributed by atoms with E-state index in [1.807, 2.05) is 21.9 Å². The lowest BCUT2D eigenvalue weighted by molar-refractivity contribution is -0.135. The number of likely N-dealkylation sites (tertiary alicyclic amines) is 1. The van der Waals surface area contributed by atoms with E-state index in [-0.39, 0.29) is 17.9 Å². The fourth-order valence-corrected chi connectivity index (χ4v) is 3.79. The number of rotatable bonds is 4. The number of nitrogens with zero attached hydrogens (tertiary/aromatic N) is 3. The Kier molecular flexibility index (Phi) is 5.53. The minimum atomic E-state index is 0.000196. The zero-order valence-electron chi connectivity index (χ0n) is 15.7. The fourth-order valence-electron chi connectivity index (χ4n) is 3.79. The summed E-state index contributed by atoms with van der Waals surface area (Å²) >= 11 is 0. The minimum absolute atomic E-state index is 0.000196. The summed E-state index contributed by atoms with van der Waals surface area (Å²) in [5, 5.41) is 3.10. The molecule has 1 aromatic carbocycles. The van der Waals surface area contributed by atoms with E-state index in [0.29, 0.717) is 36.7 Å². The van der Waals surface area contributed by atoms with Crippen molar-refractivity contribution in [3.8, 4) is 11.5 Å². The lowest BCUT2D eigenvalue weighted by Gasteiger charge is -2.41. The second kappa shape index (κ2) is 8.39. The van der Waals surface area contributed by atoms with Gasteiger partial charge in [0.05, 0.1) is 12.7 Å². The van der Waals surface area contributed by atoms with E-state index in [0.717, 1.165) is 25.9 Å². The Hall–Kier alpha value is -2.93. The van der Waals surface area contributed by atoms with Crippen molar-refractivity contribution >= 4 is 11.8 Å². The van der Waals surface area contributed by atoms with Crippen molar-refractivity contribution in [2.75, 3.05) is 32.7 Å². The number of hydrogen-bond acceptors (Lipinski definition) is 5. The first kappa shape index (κ1) is 18.4. The summed E-state index contributed by atoms with van der Waals surface area (Å²) in [4.78, 5) is 32.9. The number of ether oxygens (including phenoxy) is 1. The molecule has 4 rings (SSSR count). The van der Waals surface area contributed by atoms with Gasteiger partial charge in [0.25, 0.3) is 5.91 Å². The SMILES string of the molecule is O=C(c1ccc(Oc2cccnc2)cc1)N1CCCC(N2CCNCC2=O)C1. The summed E-state index contributed by atoms with van der Waals surface area (Å²) in [5.74, 6) is 1.44. The highest BCUT2D eigenvalue weighted by molar-refractivity contribution is 5.94. The van der Waals surface area contributed by atoms with Gasteiger partial charge in [0.1, 0.15) is 11.5 Å². The van der Waals surface area contributed by atoms with E-state index in [1.54, 1.807) is 36.7 Å². The molecule has 1 aromatic heterocycles. The van der Waals surface area contributed by atoms with Gasteiger partial charge in [-0.25, -0.2) is 0 Å². The third kappa shape index (κ3) is 4.14. The topological polar surface area (TPSA) is 74.8 Å². The Morgan fingerprint density at radius 3 is 2.75 bits per heavy atom. The number of nitrogens with one attached hydrogen (secondary N) is 1. The lowest BCUT2D eigenvalue weighted by atomic mass is 10.0. The molecule has 0 bridgehead atoms. The molecule has 3 heterocycles. The van der Waals surface area contributed by atoms with Gasteiger partial charge in [-0.05, 0) is 49.2 Å². The number of hydrogen-bond donors (Lipinski definition) is 1. The number of benzene rings is 1. The second-order valence-corrected chi connectivity index (χ2v) is 7.13. The third-order valence-electron chi connectivity index (χ3n) is 5.22. The van der Waals surface area contributed by atoms with E-state index in [2.05, 4.69) is 10.3 Å². The van der Waals surface area contributed by atoms with Crippen molar-refractivity contribution in [1.29, 1.82) is 0 Å². The van der Waals surface area contributed by atoms with Gasteiger partial charge in [-0.3, -0.25) is 14.6 Å². The van der Waals surface area contributed by atoms with Crippen molar-refractivity contribution in [2.24, 2.45) is 0 Å². The zero-order valence-corrected chi connectivity index (χ0v) is 15.7. The van der Waals surface area contributed by atoms with Gasteiger partial charge < -0.3 is 19.9 Å². The van der Waals surface area contributed by atoms with E-state index in [4.69, 9.17) is 4.74 Å². The molecule has 2 saturated heterocycles. The Balaban J connectivity index is 1.40. The average molecular weight is 380 g/mol. The van der Waals surface area contributed by atoms with Crippen LogP contribution in [0.1, 0.15) is 23.2 Å². The molecule has 7 nitrogen and oxygen atoms in total. The van der Waals surface area contributed by atoms with Gasteiger partial charge in [-0.2, -0.15) is 0 Å². The second-order valence-electron chi connectivity index (χ2n) is 7.13. The number of pyridine rings is 1. The monoisotopic (exact) mass is 380 g/mol. The van der Waals surface area contributed by atoms with Crippen molar-refractivity contribution in [1.82, 2.24) is 20.1 Å². The number of carbonyl (C=O) groups is 2. The van der Waals surface area contributed by atoms with Crippen LogP contribution in [0.4, 0.5) is 0 Å². The van der Waals surface area contributed by atoms with E-state index in [1.165, 1.54) is 0 Å². The van der Waals surface area contributed by atoms with Crippen LogP contribution in [0.5, 0.6) is 11.5 Å². The molecule has 1 N–H and O–H groups in total. The smallest absolute Gasteiger partial charge is 0.253 e. The van der Waals surface area contributed by atoms with Crippen LogP contribution in [-0.4, -0.2) is 65.4 Å². The Labute approximate surface area is 164 Å². The van der Waals surface area contributed by atoms with Gasteiger partial charge in [0, 0.05) is 44.0 Å². The highest BCUT2D eigenvalue weighted by Crippen LogP contribution is 2.23. The molecular formula is C21H24N4O3. The molecule has 2 aliphatic heterocycles.